The van der Waals surface area contributed by atoms with E-state index in [0.29, 0.717) is 21.9 Å². The number of halogens is 1. The average molecular weight is 484 g/mol. The Labute approximate surface area is 187 Å². The normalized spacial score (nSPS) is 20.4. The molecule has 0 unspecified atom stereocenters. The van der Waals surface area contributed by atoms with Crippen molar-refractivity contribution in [2.75, 3.05) is 19.0 Å². The highest BCUT2D eigenvalue weighted by molar-refractivity contribution is 9.10. The topological polar surface area (TPSA) is 118 Å². The van der Waals surface area contributed by atoms with Gasteiger partial charge in [-0.15, -0.1) is 0 Å². The molecule has 2 N–H and O–H groups in total. The maximum atomic E-state index is 12.2. The van der Waals surface area contributed by atoms with Crippen molar-refractivity contribution in [3.05, 3.63) is 35.1 Å². The van der Waals surface area contributed by atoms with Crippen molar-refractivity contribution in [3.8, 4) is 17.5 Å². The number of amides is 1. The predicted octanol–water partition coefficient (Wildman–Crippen LogP) is 3.20. The minimum absolute atomic E-state index is 0.00201. The number of carbonyl (C=O) groups is 1. The molecular formula is C21H22BrN7O2. The lowest BCUT2D eigenvalue weighted by atomic mass is 9.87. The molecule has 2 heterocycles. The summed E-state index contributed by atoms with van der Waals surface area (Å²) in [5.74, 6) is 1.18. The molecule has 1 aliphatic carbocycles. The molecule has 0 spiro atoms. The van der Waals surface area contributed by atoms with Crippen LogP contribution < -0.4 is 15.4 Å². The number of nitriles is 1. The summed E-state index contributed by atoms with van der Waals surface area (Å²) in [5.41, 5.74) is 1.08. The standard InChI is InChI=1S/C21H22BrN7O2/c1-21(19(30)24-2)8-7-13(11-21)26-20-25-12-16-17(22)28-29(18(16)27-20)14-3-5-15(6-4-14)31-10-9-23/h3-6,12-13H,7-8,10-11H2,1-2H3,(H,24,30)(H,25,26,27)/t13-,21-/m1/s1. The number of aromatic nitrogens is 4. The average Bonchev–Trinajstić information content (AvgIpc) is 3.32. The first kappa shape index (κ1) is 21.1. The smallest absolute Gasteiger partial charge is 0.225 e. The van der Waals surface area contributed by atoms with Gasteiger partial charge in [-0.2, -0.15) is 15.3 Å². The Morgan fingerprint density at radius 1 is 1.42 bits per heavy atom. The molecule has 0 aliphatic heterocycles. The number of hydrogen-bond acceptors (Lipinski definition) is 7. The number of benzene rings is 1. The number of ether oxygens (including phenoxy) is 1. The summed E-state index contributed by atoms with van der Waals surface area (Å²) < 4.78 is 7.68. The van der Waals surface area contributed by atoms with Crippen molar-refractivity contribution in [3.63, 3.8) is 0 Å². The van der Waals surface area contributed by atoms with E-state index in [1.165, 1.54) is 0 Å². The van der Waals surface area contributed by atoms with E-state index < -0.39 is 0 Å². The Bertz CT molecular complexity index is 1150. The Kier molecular flexibility index (Phi) is 5.78. The summed E-state index contributed by atoms with van der Waals surface area (Å²) in [6.45, 7) is 1.99. The van der Waals surface area contributed by atoms with Crippen molar-refractivity contribution < 1.29 is 9.53 Å². The molecule has 2 aromatic heterocycles. The SMILES string of the molecule is CNC(=O)[C@]1(C)CC[C@@H](Nc2ncc3c(Br)nn(-c4ccc(OCC#N)cc4)c3n2)C1. The van der Waals surface area contributed by atoms with E-state index in [9.17, 15) is 4.79 Å². The Morgan fingerprint density at radius 3 is 2.90 bits per heavy atom. The number of nitrogens with zero attached hydrogens (tertiary/aromatic N) is 5. The largest absolute Gasteiger partial charge is 0.479 e. The van der Waals surface area contributed by atoms with Crippen LogP contribution in [0.4, 0.5) is 5.95 Å². The Balaban J connectivity index is 1.58. The number of fused-ring (bicyclic) bond motifs is 1. The fourth-order valence-electron chi connectivity index (χ4n) is 3.97. The van der Waals surface area contributed by atoms with Crippen LogP contribution in [0, 0.1) is 16.7 Å². The van der Waals surface area contributed by atoms with Crippen LogP contribution in [0.25, 0.3) is 16.7 Å². The highest BCUT2D eigenvalue weighted by Crippen LogP contribution is 2.39. The van der Waals surface area contributed by atoms with Crippen LogP contribution in [0.3, 0.4) is 0 Å². The van der Waals surface area contributed by atoms with E-state index in [4.69, 9.17) is 15.0 Å². The molecule has 0 radical (unpaired) electrons. The zero-order valence-corrected chi connectivity index (χ0v) is 18.8. The second kappa shape index (κ2) is 8.51. The first-order valence-corrected chi connectivity index (χ1v) is 10.7. The van der Waals surface area contributed by atoms with Crippen LogP contribution in [0.1, 0.15) is 26.2 Å². The van der Waals surface area contributed by atoms with Gasteiger partial charge in [0.25, 0.3) is 0 Å². The van der Waals surface area contributed by atoms with Gasteiger partial charge in [-0.25, -0.2) is 9.67 Å². The van der Waals surface area contributed by atoms with E-state index in [0.717, 1.165) is 30.3 Å². The fourth-order valence-corrected chi connectivity index (χ4v) is 4.41. The van der Waals surface area contributed by atoms with E-state index >= 15 is 0 Å². The lowest BCUT2D eigenvalue weighted by molar-refractivity contribution is -0.129. The molecule has 9 nitrogen and oxygen atoms in total. The summed E-state index contributed by atoms with van der Waals surface area (Å²) in [7, 11) is 1.67. The van der Waals surface area contributed by atoms with Crippen LogP contribution in [0.15, 0.2) is 35.1 Å². The molecule has 1 amide bonds. The summed E-state index contributed by atoms with van der Waals surface area (Å²) in [5, 5.41) is 20.1. The first-order valence-electron chi connectivity index (χ1n) is 9.94. The lowest BCUT2D eigenvalue weighted by Gasteiger charge is -2.22. The van der Waals surface area contributed by atoms with Gasteiger partial charge < -0.3 is 15.4 Å². The third-order valence-electron chi connectivity index (χ3n) is 5.61. The molecule has 1 aromatic carbocycles. The van der Waals surface area contributed by atoms with Crippen LogP contribution >= 0.6 is 15.9 Å². The third-order valence-corrected chi connectivity index (χ3v) is 6.20. The minimum Gasteiger partial charge on any atom is -0.479 e. The van der Waals surface area contributed by atoms with Crippen LogP contribution in [-0.4, -0.2) is 45.4 Å². The van der Waals surface area contributed by atoms with Gasteiger partial charge in [-0.3, -0.25) is 4.79 Å². The van der Waals surface area contributed by atoms with Crippen molar-refractivity contribution in [1.82, 2.24) is 25.1 Å². The monoisotopic (exact) mass is 483 g/mol. The fraction of sp³-hybridized carbons (Fsp3) is 0.381. The summed E-state index contributed by atoms with van der Waals surface area (Å²) in [6.07, 6.45) is 4.14. The Hall–Kier alpha value is -3.19. The zero-order chi connectivity index (χ0) is 22.0. The minimum atomic E-state index is -0.378. The third kappa shape index (κ3) is 4.18. The number of rotatable bonds is 6. The maximum Gasteiger partial charge on any atom is 0.225 e. The van der Waals surface area contributed by atoms with Gasteiger partial charge in [-0.1, -0.05) is 6.92 Å². The van der Waals surface area contributed by atoms with Gasteiger partial charge in [0.05, 0.1) is 11.1 Å². The number of nitrogens with one attached hydrogen (secondary N) is 2. The van der Waals surface area contributed by atoms with Crippen LogP contribution in [-0.2, 0) is 4.79 Å². The summed E-state index contributed by atoms with van der Waals surface area (Å²) >= 11 is 3.48. The van der Waals surface area contributed by atoms with Crippen molar-refractivity contribution >= 4 is 38.8 Å². The van der Waals surface area contributed by atoms with Gasteiger partial charge in [0.2, 0.25) is 11.9 Å². The maximum absolute atomic E-state index is 12.2. The van der Waals surface area contributed by atoms with E-state index in [2.05, 4.69) is 36.6 Å². The number of anilines is 1. The zero-order valence-electron chi connectivity index (χ0n) is 17.2. The number of hydrogen-bond donors (Lipinski definition) is 2. The molecule has 10 heteroatoms. The molecule has 1 saturated carbocycles. The van der Waals surface area contributed by atoms with Gasteiger partial charge >= 0.3 is 0 Å². The summed E-state index contributed by atoms with van der Waals surface area (Å²) in [4.78, 5) is 21.3. The van der Waals surface area contributed by atoms with E-state index in [1.807, 2.05) is 25.1 Å². The van der Waals surface area contributed by atoms with Crippen molar-refractivity contribution in [1.29, 1.82) is 5.26 Å². The second-order valence-electron chi connectivity index (χ2n) is 7.80. The Morgan fingerprint density at radius 2 is 2.19 bits per heavy atom. The molecule has 31 heavy (non-hydrogen) atoms. The second-order valence-corrected chi connectivity index (χ2v) is 8.55. The molecule has 1 aliphatic rings. The van der Waals surface area contributed by atoms with Gasteiger partial charge in [-0.05, 0) is 59.5 Å². The van der Waals surface area contributed by atoms with E-state index in [1.54, 1.807) is 30.1 Å². The molecular weight excluding hydrogens is 462 g/mol. The van der Waals surface area contributed by atoms with Crippen molar-refractivity contribution in [2.24, 2.45) is 5.41 Å². The molecule has 160 valence electrons. The van der Waals surface area contributed by atoms with Gasteiger partial charge in [0.1, 0.15) is 16.4 Å². The lowest BCUT2D eigenvalue weighted by Crippen LogP contribution is -2.35. The quantitative estimate of drug-likeness (QED) is 0.552. The van der Waals surface area contributed by atoms with Gasteiger partial charge in [0.15, 0.2) is 12.3 Å². The highest BCUT2D eigenvalue weighted by Gasteiger charge is 2.40. The molecule has 3 aromatic rings. The van der Waals surface area contributed by atoms with Gasteiger partial charge in [0, 0.05) is 24.7 Å². The molecule has 0 bridgehead atoms. The predicted molar refractivity (Wildman–Crippen MR) is 119 cm³/mol. The molecule has 1 fully saturated rings. The molecule has 2 atom stereocenters. The summed E-state index contributed by atoms with van der Waals surface area (Å²) in [6, 6.07) is 9.35. The first-order chi connectivity index (χ1) is 14.9. The molecule has 4 rings (SSSR count). The molecule has 0 saturated heterocycles. The van der Waals surface area contributed by atoms with E-state index in [-0.39, 0.29) is 24.0 Å². The van der Waals surface area contributed by atoms with Crippen molar-refractivity contribution in [2.45, 2.75) is 32.2 Å². The number of carbonyl (C=O) groups excluding carboxylic acids is 1. The van der Waals surface area contributed by atoms with Crippen LogP contribution in [0.2, 0.25) is 0 Å². The highest BCUT2D eigenvalue weighted by atomic mass is 79.9. The van der Waals surface area contributed by atoms with Crippen LogP contribution in [0.5, 0.6) is 5.75 Å².